The highest BCUT2D eigenvalue weighted by Crippen LogP contribution is 2.53. The Labute approximate surface area is 115 Å². The number of allylic oxidation sites excluding steroid dienone is 4. The maximum absolute atomic E-state index is 12.3. The van der Waals surface area contributed by atoms with Gasteiger partial charge in [-0.2, -0.15) is 0 Å². The van der Waals surface area contributed by atoms with Gasteiger partial charge >= 0.3 is 0 Å². The maximum Gasteiger partial charge on any atom is 0.143 e. The van der Waals surface area contributed by atoms with Gasteiger partial charge in [-0.15, -0.1) is 0 Å². The Morgan fingerprint density at radius 2 is 2.00 bits per heavy atom. The number of carbonyl (C=O) groups excluding carboxylic acids is 1. The average Bonchev–Trinajstić information content (AvgIpc) is 2.33. The number of carbonyl (C=O) groups is 1. The summed E-state index contributed by atoms with van der Waals surface area (Å²) in [4.78, 5) is 12.3. The van der Waals surface area contributed by atoms with Crippen LogP contribution < -0.4 is 0 Å². The van der Waals surface area contributed by atoms with Crippen molar-refractivity contribution in [3.63, 3.8) is 0 Å². The third kappa shape index (κ3) is 1.79. The van der Waals surface area contributed by atoms with Crippen molar-refractivity contribution in [2.45, 2.75) is 65.9 Å². The summed E-state index contributed by atoms with van der Waals surface area (Å²) >= 11 is 0. The zero-order valence-corrected chi connectivity index (χ0v) is 12.5. The van der Waals surface area contributed by atoms with Crippen LogP contribution in [0.1, 0.15) is 59.8 Å². The van der Waals surface area contributed by atoms with Gasteiger partial charge in [0.15, 0.2) is 0 Å². The fourth-order valence-corrected chi connectivity index (χ4v) is 3.69. The van der Waals surface area contributed by atoms with Gasteiger partial charge in [0.1, 0.15) is 11.9 Å². The molecule has 0 aromatic carbocycles. The van der Waals surface area contributed by atoms with Crippen LogP contribution in [0.5, 0.6) is 0 Å². The van der Waals surface area contributed by atoms with Crippen LogP contribution in [0.4, 0.5) is 0 Å². The molecule has 0 fully saturated rings. The van der Waals surface area contributed by atoms with Crippen LogP contribution in [-0.2, 0) is 9.53 Å². The number of Topliss-reactive ketones (excluding diaryl/α,β-unsaturated/α-hetero) is 1. The van der Waals surface area contributed by atoms with E-state index in [0.717, 1.165) is 31.4 Å². The predicted octanol–water partition coefficient (Wildman–Crippen LogP) is 4.16. The number of rotatable bonds is 0. The minimum Gasteiger partial charge on any atom is -0.494 e. The van der Waals surface area contributed by atoms with E-state index in [1.807, 2.05) is 0 Å². The molecule has 3 rings (SSSR count). The zero-order valence-electron chi connectivity index (χ0n) is 12.5. The summed E-state index contributed by atoms with van der Waals surface area (Å²) in [6.45, 7) is 8.82. The van der Waals surface area contributed by atoms with Crippen LogP contribution in [0.15, 0.2) is 23.0 Å². The second-order valence-electron chi connectivity index (χ2n) is 7.24. The molecule has 2 heteroatoms. The molecule has 104 valence electrons. The van der Waals surface area contributed by atoms with E-state index in [0.29, 0.717) is 12.2 Å². The molecule has 0 bridgehead atoms. The third-order valence-corrected chi connectivity index (χ3v) is 5.50. The van der Waals surface area contributed by atoms with Gasteiger partial charge in [0.2, 0.25) is 0 Å². The van der Waals surface area contributed by atoms with E-state index in [-0.39, 0.29) is 16.9 Å². The first kappa shape index (κ1) is 13.0. The predicted molar refractivity (Wildman–Crippen MR) is 75.6 cm³/mol. The van der Waals surface area contributed by atoms with Gasteiger partial charge in [-0.25, -0.2) is 0 Å². The molecule has 2 aliphatic carbocycles. The lowest BCUT2D eigenvalue weighted by Gasteiger charge is -2.47. The standard InChI is InChI=1S/C17H24O2/c1-11-16(2,3)10-12-13-6-5-7-15(18)17(13,4)9-8-14(12)19-11/h6,11H,5,7-10H2,1-4H3/t11-,17+/m1/s1. The molecule has 19 heavy (non-hydrogen) atoms. The molecule has 0 spiro atoms. The number of hydrogen-bond donors (Lipinski definition) is 0. The van der Waals surface area contributed by atoms with Crippen molar-refractivity contribution in [2.24, 2.45) is 10.8 Å². The molecule has 0 saturated carbocycles. The van der Waals surface area contributed by atoms with Crippen molar-refractivity contribution in [1.29, 1.82) is 0 Å². The van der Waals surface area contributed by atoms with Crippen LogP contribution in [0.25, 0.3) is 0 Å². The SMILES string of the molecule is C[C@H]1OC2=C(CC1(C)C)C1=CCCC(=O)[C@@]1(C)CC2. The summed E-state index contributed by atoms with van der Waals surface area (Å²) in [5.41, 5.74) is 2.53. The Morgan fingerprint density at radius 1 is 1.26 bits per heavy atom. The quantitative estimate of drug-likeness (QED) is 0.653. The lowest BCUT2D eigenvalue weighted by Crippen LogP contribution is -2.42. The normalized spacial score (nSPS) is 37.2. The summed E-state index contributed by atoms with van der Waals surface area (Å²) in [7, 11) is 0. The number of fused-ring (bicyclic) bond motifs is 2. The van der Waals surface area contributed by atoms with E-state index in [1.165, 1.54) is 11.1 Å². The van der Waals surface area contributed by atoms with Gasteiger partial charge in [-0.05, 0) is 44.3 Å². The van der Waals surface area contributed by atoms with E-state index in [2.05, 4.69) is 33.8 Å². The Bertz CT molecular complexity index is 495. The molecule has 0 saturated heterocycles. The summed E-state index contributed by atoms with van der Waals surface area (Å²) in [6, 6.07) is 0. The highest BCUT2D eigenvalue weighted by atomic mass is 16.5. The minimum atomic E-state index is -0.239. The lowest BCUT2D eigenvalue weighted by atomic mass is 9.61. The van der Waals surface area contributed by atoms with Crippen molar-refractivity contribution >= 4 is 5.78 Å². The molecule has 2 atom stereocenters. The van der Waals surface area contributed by atoms with Crippen molar-refractivity contribution in [2.75, 3.05) is 0 Å². The van der Waals surface area contributed by atoms with Crippen LogP contribution in [0.2, 0.25) is 0 Å². The number of ether oxygens (including phenoxy) is 1. The Kier molecular flexibility index (Phi) is 2.71. The van der Waals surface area contributed by atoms with Gasteiger partial charge in [-0.3, -0.25) is 4.79 Å². The van der Waals surface area contributed by atoms with E-state index in [1.54, 1.807) is 0 Å². The van der Waals surface area contributed by atoms with Crippen LogP contribution >= 0.6 is 0 Å². The van der Waals surface area contributed by atoms with Crippen LogP contribution in [0, 0.1) is 10.8 Å². The van der Waals surface area contributed by atoms with Gasteiger partial charge in [0, 0.05) is 18.3 Å². The van der Waals surface area contributed by atoms with E-state index >= 15 is 0 Å². The molecule has 0 N–H and O–H groups in total. The fraction of sp³-hybridized carbons (Fsp3) is 0.706. The van der Waals surface area contributed by atoms with Gasteiger partial charge in [0.05, 0.1) is 11.2 Å². The lowest BCUT2D eigenvalue weighted by molar-refractivity contribution is -0.127. The number of hydrogen-bond acceptors (Lipinski definition) is 2. The first-order valence-electron chi connectivity index (χ1n) is 7.47. The minimum absolute atomic E-state index is 0.151. The van der Waals surface area contributed by atoms with Gasteiger partial charge in [0.25, 0.3) is 0 Å². The molecule has 1 aliphatic heterocycles. The Morgan fingerprint density at radius 3 is 2.74 bits per heavy atom. The van der Waals surface area contributed by atoms with Crippen molar-refractivity contribution < 1.29 is 9.53 Å². The van der Waals surface area contributed by atoms with Crippen molar-refractivity contribution in [3.8, 4) is 0 Å². The highest BCUT2D eigenvalue weighted by Gasteiger charge is 2.47. The average molecular weight is 260 g/mol. The van der Waals surface area contributed by atoms with Gasteiger partial charge in [-0.1, -0.05) is 19.9 Å². The third-order valence-electron chi connectivity index (χ3n) is 5.50. The van der Waals surface area contributed by atoms with Crippen LogP contribution in [0.3, 0.4) is 0 Å². The first-order valence-corrected chi connectivity index (χ1v) is 7.47. The van der Waals surface area contributed by atoms with Crippen molar-refractivity contribution in [1.82, 2.24) is 0 Å². The zero-order chi connectivity index (χ0) is 13.8. The maximum atomic E-state index is 12.3. The van der Waals surface area contributed by atoms with Crippen molar-refractivity contribution in [3.05, 3.63) is 23.0 Å². The summed E-state index contributed by atoms with van der Waals surface area (Å²) in [6.07, 6.45) is 7.05. The number of ketones is 1. The monoisotopic (exact) mass is 260 g/mol. The van der Waals surface area contributed by atoms with E-state index < -0.39 is 0 Å². The molecule has 0 aromatic rings. The Balaban J connectivity index is 2.07. The van der Waals surface area contributed by atoms with Crippen LogP contribution in [-0.4, -0.2) is 11.9 Å². The molecular weight excluding hydrogens is 236 g/mol. The summed E-state index contributed by atoms with van der Waals surface area (Å²) < 4.78 is 6.16. The van der Waals surface area contributed by atoms with E-state index in [9.17, 15) is 4.79 Å². The fourth-order valence-electron chi connectivity index (χ4n) is 3.69. The molecule has 1 heterocycles. The second kappa shape index (κ2) is 3.97. The second-order valence-corrected chi connectivity index (χ2v) is 7.24. The molecule has 0 unspecified atom stereocenters. The smallest absolute Gasteiger partial charge is 0.143 e. The molecular formula is C17H24O2. The van der Waals surface area contributed by atoms with E-state index in [4.69, 9.17) is 4.74 Å². The molecule has 0 amide bonds. The summed E-state index contributed by atoms with van der Waals surface area (Å²) in [5, 5.41) is 0. The molecule has 3 aliphatic rings. The largest absolute Gasteiger partial charge is 0.494 e. The highest BCUT2D eigenvalue weighted by molar-refractivity contribution is 5.90. The summed E-state index contributed by atoms with van der Waals surface area (Å²) in [5.74, 6) is 1.58. The Hall–Kier alpha value is -1.05. The molecule has 0 radical (unpaired) electrons. The topological polar surface area (TPSA) is 26.3 Å². The first-order chi connectivity index (χ1) is 8.84. The van der Waals surface area contributed by atoms with Gasteiger partial charge < -0.3 is 4.74 Å². The molecule has 0 aromatic heterocycles. The molecule has 2 nitrogen and oxygen atoms in total.